The minimum absolute atomic E-state index is 0.00685. The summed E-state index contributed by atoms with van der Waals surface area (Å²) < 4.78 is 0.953. The molecule has 21 heavy (non-hydrogen) atoms. The molecule has 110 valence electrons. The predicted octanol–water partition coefficient (Wildman–Crippen LogP) is 5.19. The molecule has 4 heteroatoms. The Morgan fingerprint density at radius 2 is 2.19 bits per heavy atom. The fourth-order valence-corrected chi connectivity index (χ4v) is 4.80. The molecule has 0 radical (unpaired) electrons. The molecule has 1 N–H and O–H groups in total. The van der Waals surface area contributed by atoms with E-state index >= 15 is 0 Å². The molecule has 0 bridgehead atoms. The summed E-state index contributed by atoms with van der Waals surface area (Å²) in [5.74, 6) is 0.106. The molecule has 1 aliphatic rings. The zero-order chi connectivity index (χ0) is 15.0. The van der Waals surface area contributed by atoms with Crippen molar-refractivity contribution in [2.24, 2.45) is 0 Å². The maximum atomic E-state index is 12.7. The molecule has 0 saturated heterocycles. The first-order valence-electron chi connectivity index (χ1n) is 7.20. The van der Waals surface area contributed by atoms with Crippen LogP contribution in [0.3, 0.4) is 0 Å². The number of nitrogens with one attached hydrogen (secondary N) is 1. The number of thiophene rings is 1. The van der Waals surface area contributed by atoms with E-state index in [1.807, 2.05) is 13.0 Å². The van der Waals surface area contributed by atoms with Crippen molar-refractivity contribution in [3.05, 3.63) is 49.6 Å². The predicted molar refractivity (Wildman–Crippen MR) is 92.2 cm³/mol. The van der Waals surface area contributed by atoms with Crippen molar-refractivity contribution in [2.45, 2.75) is 39.0 Å². The van der Waals surface area contributed by atoms with Crippen LogP contribution in [0.4, 0.5) is 5.69 Å². The van der Waals surface area contributed by atoms with Crippen LogP contribution >= 0.6 is 27.3 Å². The summed E-state index contributed by atoms with van der Waals surface area (Å²) in [6.07, 6.45) is 3.15. The zero-order valence-electron chi connectivity index (χ0n) is 12.2. The molecule has 1 unspecified atom stereocenters. The van der Waals surface area contributed by atoms with Crippen molar-refractivity contribution in [1.29, 1.82) is 0 Å². The van der Waals surface area contributed by atoms with E-state index < -0.39 is 0 Å². The molecular weight excluding hydrogens is 346 g/mol. The molecule has 0 saturated carbocycles. The molecule has 1 amide bonds. The largest absolute Gasteiger partial charge is 0.324 e. The lowest BCUT2D eigenvalue weighted by molar-refractivity contribution is -0.117. The van der Waals surface area contributed by atoms with E-state index in [9.17, 15) is 4.79 Å². The number of rotatable bonds is 2. The number of fused-ring (bicyclic) bond motifs is 1. The van der Waals surface area contributed by atoms with Gasteiger partial charge in [0.15, 0.2) is 0 Å². The second-order valence-corrected chi connectivity index (χ2v) is 7.53. The lowest BCUT2D eigenvalue weighted by Crippen LogP contribution is -2.24. The van der Waals surface area contributed by atoms with Crippen molar-refractivity contribution in [1.82, 2.24) is 0 Å². The van der Waals surface area contributed by atoms with Gasteiger partial charge in [0.1, 0.15) is 0 Å². The smallest absolute Gasteiger partial charge is 0.231 e. The highest BCUT2D eigenvalue weighted by molar-refractivity contribution is 9.10. The van der Waals surface area contributed by atoms with Crippen molar-refractivity contribution >= 4 is 38.9 Å². The quantitative estimate of drug-likeness (QED) is 0.781. The molecule has 2 aromatic rings. The first kappa shape index (κ1) is 14.8. The minimum Gasteiger partial charge on any atom is -0.324 e. The number of hydrogen-bond donors (Lipinski definition) is 1. The number of carbonyl (C=O) groups is 1. The Morgan fingerprint density at radius 3 is 2.95 bits per heavy atom. The number of benzene rings is 1. The van der Waals surface area contributed by atoms with Crippen LogP contribution in [0, 0.1) is 13.8 Å². The van der Waals surface area contributed by atoms with E-state index in [2.05, 4.69) is 45.7 Å². The van der Waals surface area contributed by atoms with Gasteiger partial charge in [0.05, 0.1) is 11.6 Å². The molecule has 1 atom stereocenters. The maximum Gasteiger partial charge on any atom is 0.231 e. The Bertz CT molecular complexity index is 669. The Hall–Kier alpha value is -1.13. The van der Waals surface area contributed by atoms with Gasteiger partial charge in [0.2, 0.25) is 5.91 Å². The van der Waals surface area contributed by atoms with Gasteiger partial charge >= 0.3 is 0 Å². The fraction of sp³-hybridized carbons (Fsp3) is 0.353. The first-order chi connectivity index (χ1) is 10.1. The van der Waals surface area contributed by atoms with E-state index in [0.717, 1.165) is 35.0 Å². The third-order valence-electron chi connectivity index (χ3n) is 4.05. The minimum atomic E-state index is -0.00685. The Kier molecular flexibility index (Phi) is 4.18. The van der Waals surface area contributed by atoms with E-state index in [1.54, 1.807) is 11.3 Å². The summed E-state index contributed by atoms with van der Waals surface area (Å²) in [6.45, 7) is 4.09. The van der Waals surface area contributed by atoms with Gasteiger partial charge in [0, 0.05) is 9.35 Å². The molecule has 1 aliphatic carbocycles. The summed E-state index contributed by atoms with van der Waals surface area (Å²) in [4.78, 5) is 14.1. The van der Waals surface area contributed by atoms with Crippen LogP contribution in [-0.2, 0) is 11.2 Å². The van der Waals surface area contributed by atoms with E-state index in [1.165, 1.54) is 16.0 Å². The number of halogens is 1. The highest BCUT2D eigenvalue weighted by Crippen LogP contribution is 2.36. The number of hydrogen-bond acceptors (Lipinski definition) is 2. The van der Waals surface area contributed by atoms with Crippen molar-refractivity contribution in [2.75, 3.05) is 5.32 Å². The number of anilines is 1. The third kappa shape index (κ3) is 2.92. The van der Waals surface area contributed by atoms with Crippen LogP contribution in [0.15, 0.2) is 28.1 Å². The fourth-order valence-electron chi connectivity index (χ4n) is 3.04. The van der Waals surface area contributed by atoms with Gasteiger partial charge in [-0.05, 0) is 83.2 Å². The summed E-state index contributed by atoms with van der Waals surface area (Å²) in [5.41, 5.74) is 4.41. The SMILES string of the molecule is Cc1cc(C)c(NC(=O)C2CCCc3sccc32)c(Br)c1. The molecular formula is C17H18BrNOS. The van der Waals surface area contributed by atoms with Gasteiger partial charge in [-0.3, -0.25) is 4.79 Å². The summed E-state index contributed by atoms with van der Waals surface area (Å²) >= 11 is 5.33. The summed E-state index contributed by atoms with van der Waals surface area (Å²) in [7, 11) is 0. The third-order valence-corrected chi connectivity index (χ3v) is 5.67. The van der Waals surface area contributed by atoms with E-state index in [-0.39, 0.29) is 11.8 Å². The second-order valence-electron chi connectivity index (χ2n) is 5.67. The van der Waals surface area contributed by atoms with Crippen LogP contribution in [0.1, 0.15) is 40.3 Å². The van der Waals surface area contributed by atoms with Crippen molar-refractivity contribution in [3.63, 3.8) is 0 Å². The summed E-state index contributed by atoms with van der Waals surface area (Å²) in [6, 6.07) is 6.25. The zero-order valence-corrected chi connectivity index (χ0v) is 14.6. The molecule has 1 heterocycles. The highest BCUT2D eigenvalue weighted by Gasteiger charge is 2.27. The number of carbonyl (C=O) groups excluding carboxylic acids is 1. The molecule has 3 rings (SSSR count). The normalized spacial score (nSPS) is 17.4. The Labute approximate surface area is 137 Å². The Morgan fingerprint density at radius 1 is 1.38 bits per heavy atom. The van der Waals surface area contributed by atoms with Crippen LogP contribution < -0.4 is 5.32 Å². The number of amides is 1. The molecule has 0 spiro atoms. The molecule has 0 fully saturated rings. The molecule has 1 aromatic carbocycles. The van der Waals surface area contributed by atoms with Crippen LogP contribution in [0.5, 0.6) is 0 Å². The van der Waals surface area contributed by atoms with Gasteiger partial charge in [-0.1, -0.05) is 6.07 Å². The highest BCUT2D eigenvalue weighted by atomic mass is 79.9. The molecule has 2 nitrogen and oxygen atoms in total. The van der Waals surface area contributed by atoms with Gasteiger partial charge in [-0.2, -0.15) is 0 Å². The van der Waals surface area contributed by atoms with Crippen molar-refractivity contribution < 1.29 is 4.79 Å². The summed E-state index contributed by atoms with van der Waals surface area (Å²) in [5, 5.41) is 5.23. The van der Waals surface area contributed by atoms with Crippen LogP contribution in [-0.4, -0.2) is 5.91 Å². The van der Waals surface area contributed by atoms with Gasteiger partial charge < -0.3 is 5.32 Å². The molecule has 0 aliphatic heterocycles. The lowest BCUT2D eigenvalue weighted by Gasteiger charge is -2.22. The topological polar surface area (TPSA) is 29.1 Å². The average molecular weight is 364 g/mol. The Balaban J connectivity index is 1.86. The van der Waals surface area contributed by atoms with E-state index in [4.69, 9.17) is 0 Å². The van der Waals surface area contributed by atoms with Crippen LogP contribution in [0.2, 0.25) is 0 Å². The van der Waals surface area contributed by atoms with Crippen molar-refractivity contribution in [3.8, 4) is 0 Å². The van der Waals surface area contributed by atoms with Gasteiger partial charge in [-0.15, -0.1) is 11.3 Å². The standard InChI is InChI=1S/C17H18BrNOS/c1-10-8-11(2)16(14(18)9-10)19-17(20)13-4-3-5-15-12(13)6-7-21-15/h6-9,13H,3-5H2,1-2H3,(H,19,20). The van der Waals surface area contributed by atoms with Crippen LogP contribution in [0.25, 0.3) is 0 Å². The first-order valence-corrected chi connectivity index (χ1v) is 8.87. The number of aryl methyl sites for hydroxylation is 3. The molecule has 1 aromatic heterocycles. The maximum absolute atomic E-state index is 12.7. The second kappa shape index (κ2) is 5.93. The van der Waals surface area contributed by atoms with Gasteiger partial charge in [0.25, 0.3) is 0 Å². The monoisotopic (exact) mass is 363 g/mol. The average Bonchev–Trinajstić information content (AvgIpc) is 2.90. The van der Waals surface area contributed by atoms with Gasteiger partial charge in [-0.25, -0.2) is 0 Å². The van der Waals surface area contributed by atoms with E-state index in [0.29, 0.717) is 0 Å². The lowest BCUT2D eigenvalue weighted by atomic mass is 9.87.